The number of thiazole rings is 1. The average Bonchev–Trinajstić information content (AvgIpc) is 3.26. The summed E-state index contributed by atoms with van der Waals surface area (Å²) in [6, 6.07) is 2.82. The maximum Gasteiger partial charge on any atom is 0.290 e. The second-order valence-corrected chi connectivity index (χ2v) is 8.60. The fraction of sp³-hybridized carbons (Fsp3) is 0.450. The van der Waals surface area contributed by atoms with Crippen LogP contribution in [0.3, 0.4) is 0 Å². The minimum absolute atomic E-state index is 0.0725. The number of aliphatic hydroxyl groups excluding tert-OH is 1. The zero-order valence-electron chi connectivity index (χ0n) is 16.8. The molecule has 150 valence electrons. The van der Waals surface area contributed by atoms with Gasteiger partial charge in [-0.2, -0.15) is 0 Å². The summed E-state index contributed by atoms with van der Waals surface area (Å²) in [5.41, 5.74) is 0.674. The molecule has 1 aliphatic heterocycles. The molecule has 3 heterocycles. The van der Waals surface area contributed by atoms with Crippen LogP contribution in [0, 0.1) is 20.8 Å². The first-order valence-corrected chi connectivity index (χ1v) is 10.1. The van der Waals surface area contributed by atoms with Crippen molar-refractivity contribution in [2.45, 2.75) is 33.2 Å². The lowest BCUT2D eigenvalue weighted by atomic mass is 9.99. The van der Waals surface area contributed by atoms with Crippen molar-refractivity contribution < 1.29 is 24.0 Å². The molecule has 0 aromatic carbocycles. The van der Waals surface area contributed by atoms with Crippen LogP contribution in [0.2, 0.25) is 0 Å². The van der Waals surface area contributed by atoms with Crippen molar-refractivity contribution in [2.24, 2.45) is 0 Å². The Kier molecular flexibility index (Phi) is 5.71. The highest BCUT2D eigenvalue weighted by atomic mass is 32.1. The summed E-state index contributed by atoms with van der Waals surface area (Å²) in [6.07, 6.45) is 0.748. The molecule has 1 amide bonds. The number of aliphatic hydroxyl groups is 1. The predicted octanol–water partition coefficient (Wildman–Crippen LogP) is 1.77. The Morgan fingerprint density at radius 3 is 2.57 bits per heavy atom. The highest BCUT2D eigenvalue weighted by Crippen LogP contribution is 2.40. The topological polar surface area (TPSA) is 88.1 Å². The van der Waals surface area contributed by atoms with E-state index >= 15 is 0 Å². The van der Waals surface area contributed by atoms with Crippen molar-refractivity contribution in [2.75, 3.05) is 27.2 Å². The number of carbonyl (C=O) groups is 2. The van der Waals surface area contributed by atoms with Crippen LogP contribution in [-0.4, -0.2) is 53.9 Å². The number of carbonyl (C=O) groups excluding carboxylic acids is 2. The van der Waals surface area contributed by atoms with E-state index in [1.54, 1.807) is 19.1 Å². The maximum atomic E-state index is 13.3. The second kappa shape index (κ2) is 7.89. The van der Waals surface area contributed by atoms with Crippen molar-refractivity contribution in [1.29, 1.82) is 0 Å². The van der Waals surface area contributed by atoms with Crippen LogP contribution in [0.15, 0.2) is 27.9 Å². The fourth-order valence-corrected chi connectivity index (χ4v) is 4.35. The number of nitrogens with one attached hydrogen (secondary N) is 1. The Morgan fingerprint density at radius 2 is 2.04 bits per heavy atom. The summed E-state index contributed by atoms with van der Waals surface area (Å²) in [4.78, 5) is 33.6. The molecule has 28 heavy (non-hydrogen) atoms. The van der Waals surface area contributed by atoms with E-state index in [-0.39, 0.29) is 11.4 Å². The second-order valence-electron chi connectivity index (χ2n) is 7.40. The molecule has 0 bridgehead atoms. The highest BCUT2D eigenvalue weighted by molar-refractivity contribution is 7.14. The molecule has 0 saturated carbocycles. The van der Waals surface area contributed by atoms with Crippen molar-refractivity contribution >= 4 is 23.0 Å². The van der Waals surface area contributed by atoms with Gasteiger partial charge in [0.25, 0.3) is 5.91 Å². The summed E-state index contributed by atoms with van der Waals surface area (Å²) in [6.45, 7) is 6.68. The Balaban J connectivity index is 2.01. The third kappa shape index (κ3) is 3.74. The summed E-state index contributed by atoms with van der Waals surface area (Å²) < 4.78 is 5.76. The number of quaternary nitrogens is 1. The molecule has 2 aromatic heterocycles. The van der Waals surface area contributed by atoms with Gasteiger partial charge >= 0.3 is 0 Å². The molecule has 1 aliphatic rings. The molecule has 2 N–H and O–H groups in total. The van der Waals surface area contributed by atoms with Crippen LogP contribution < -0.4 is 4.90 Å². The van der Waals surface area contributed by atoms with Gasteiger partial charge in [-0.1, -0.05) is 0 Å². The smallest absolute Gasteiger partial charge is 0.290 e. The van der Waals surface area contributed by atoms with E-state index in [1.807, 2.05) is 27.9 Å². The van der Waals surface area contributed by atoms with Crippen molar-refractivity contribution in [3.63, 3.8) is 0 Å². The molecule has 0 fully saturated rings. The Morgan fingerprint density at radius 1 is 1.32 bits per heavy atom. The van der Waals surface area contributed by atoms with Gasteiger partial charge in [-0.05, 0) is 32.9 Å². The molecule has 0 spiro atoms. The van der Waals surface area contributed by atoms with Crippen LogP contribution in [0.25, 0.3) is 0 Å². The van der Waals surface area contributed by atoms with Gasteiger partial charge in [0.05, 0.1) is 41.8 Å². The number of hydrogen-bond acceptors (Lipinski definition) is 6. The van der Waals surface area contributed by atoms with Crippen LogP contribution >= 0.6 is 11.3 Å². The largest absolute Gasteiger partial charge is 0.503 e. The zero-order valence-corrected chi connectivity index (χ0v) is 17.6. The Labute approximate surface area is 168 Å². The minimum atomic E-state index is -0.729. The Bertz CT molecular complexity index is 941. The number of ketones is 1. The molecular formula is C20H26N3O4S+. The molecule has 0 saturated heterocycles. The molecular weight excluding hydrogens is 378 g/mol. The van der Waals surface area contributed by atoms with E-state index < -0.39 is 17.7 Å². The molecule has 2 aromatic rings. The third-order valence-electron chi connectivity index (χ3n) is 4.76. The third-order valence-corrected chi connectivity index (χ3v) is 5.84. The van der Waals surface area contributed by atoms with Gasteiger partial charge in [-0.25, -0.2) is 4.98 Å². The number of amides is 1. The SMILES string of the molecule is Cc1ccc([C@@H]2C(C(=O)c3sc(C)nc3C)=C(O)C(=O)N2CCC[NH+](C)C)o1. The van der Waals surface area contributed by atoms with Gasteiger partial charge in [0.1, 0.15) is 17.6 Å². The van der Waals surface area contributed by atoms with Gasteiger partial charge in [0.2, 0.25) is 5.78 Å². The van der Waals surface area contributed by atoms with E-state index in [2.05, 4.69) is 4.98 Å². The minimum Gasteiger partial charge on any atom is -0.503 e. The van der Waals surface area contributed by atoms with E-state index in [0.29, 0.717) is 28.6 Å². The number of furan rings is 1. The van der Waals surface area contributed by atoms with Gasteiger partial charge in [0, 0.05) is 13.0 Å². The van der Waals surface area contributed by atoms with Gasteiger partial charge < -0.3 is 19.3 Å². The van der Waals surface area contributed by atoms with Gasteiger partial charge in [0.15, 0.2) is 5.76 Å². The summed E-state index contributed by atoms with van der Waals surface area (Å²) in [7, 11) is 4.08. The normalized spacial score (nSPS) is 17.3. The van der Waals surface area contributed by atoms with Crippen LogP contribution in [0.5, 0.6) is 0 Å². The van der Waals surface area contributed by atoms with E-state index in [1.165, 1.54) is 21.1 Å². The van der Waals surface area contributed by atoms with Gasteiger partial charge in [-0.3, -0.25) is 9.59 Å². The summed E-state index contributed by atoms with van der Waals surface area (Å²) in [5, 5.41) is 11.4. The average molecular weight is 405 g/mol. The number of nitrogens with zero attached hydrogens (tertiary/aromatic N) is 2. The predicted molar refractivity (Wildman–Crippen MR) is 106 cm³/mol. The molecule has 0 radical (unpaired) electrons. The monoisotopic (exact) mass is 404 g/mol. The molecule has 0 aliphatic carbocycles. The lowest BCUT2D eigenvalue weighted by molar-refractivity contribution is -0.858. The van der Waals surface area contributed by atoms with Crippen LogP contribution in [-0.2, 0) is 4.79 Å². The molecule has 7 nitrogen and oxygen atoms in total. The highest BCUT2D eigenvalue weighted by Gasteiger charge is 2.45. The van der Waals surface area contributed by atoms with Crippen molar-refractivity contribution in [3.05, 3.63) is 50.6 Å². The first-order chi connectivity index (χ1) is 13.2. The van der Waals surface area contributed by atoms with E-state index in [9.17, 15) is 14.7 Å². The van der Waals surface area contributed by atoms with Crippen LogP contribution in [0.4, 0.5) is 0 Å². The zero-order chi connectivity index (χ0) is 20.6. The number of Topliss-reactive ketones (excluding diaryl/α,β-unsaturated/α-hetero) is 1. The quantitative estimate of drug-likeness (QED) is 0.687. The number of rotatable bonds is 7. The number of aromatic nitrogens is 1. The number of aryl methyl sites for hydroxylation is 3. The molecule has 3 rings (SSSR count). The van der Waals surface area contributed by atoms with Crippen molar-refractivity contribution in [3.8, 4) is 0 Å². The molecule has 0 unspecified atom stereocenters. The first-order valence-electron chi connectivity index (χ1n) is 9.29. The molecule has 8 heteroatoms. The first kappa shape index (κ1) is 20.3. The van der Waals surface area contributed by atoms with Crippen molar-refractivity contribution in [1.82, 2.24) is 9.88 Å². The standard InChI is InChI=1S/C20H25N3O4S/c1-11-7-8-14(27-11)16-15(17(24)19-12(2)21-13(3)28-19)18(25)20(26)23(16)10-6-9-22(4)5/h7-8,16,25H,6,9-10H2,1-5H3/p+1/t16-/m1/s1. The van der Waals surface area contributed by atoms with E-state index in [4.69, 9.17) is 4.42 Å². The van der Waals surface area contributed by atoms with Crippen LogP contribution in [0.1, 0.15) is 44.4 Å². The number of hydrogen-bond donors (Lipinski definition) is 2. The maximum absolute atomic E-state index is 13.3. The summed E-state index contributed by atoms with van der Waals surface area (Å²) in [5.74, 6) is -0.229. The summed E-state index contributed by atoms with van der Waals surface area (Å²) >= 11 is 1.27. The lowest BCUT2D eigenvalue weighted by Gasteiger charge is -2.25. The fourth-order valence-electron chi connectivity index (χ4n) is 3.48. The van der Waals surface area contributed by atoms with Gasteiger partial charge in [-0.15, -0.1) is 11.3 Å². The molecule has 1 atom stereocenters. The lowest BCUT2D eigenvalue weighted by Crippen LogP contribution is -3.05. The van der Waals surface area contributed by atoms with E-state index in [0.717, 1.165) is 18.0 Å². The Hall–Kier alpha value is -2.45.